The fraction of sp³-hybridized carbons (Fsp3) is 0.500. The van der Waals surface area contributed by atoms with Gasteiger partial charge in [-0.3, -0.25) is 4.31 Å². The van der Waals surface area contributed by atoms with Gasteiger partial charge in [-0.05, 0) is 43.4 Å². The molecule has 1 unspecified atom stereocenters. The van der Waals surface area contributed by atoms with E-state index in [1.807, 2.05) is 23.0 Å². The highest BCUT2D eigenvalue weighted by Gasteiger charge is 2.29. The normalized spacial score (nSPS) is 23.5. The molecule has 2 aromatic heterocycles. The van der Waals surface area contributed by atoms with E-state index < -0.39 is 10.0 Å². The molecule has 7 nitrogen and oxygen atoms in total. The minimum absolute atomic E-state index is 0.00670. The molecule has 24 heavy (non-hydrogen) atoms. The largest absolute Gasteiger partial charge is 0.357 e. The van der Waals surface area contributed by atoms with E-state index in [2.05, 4.69) is 10.1 Å². The summed E-state index contributed by atoms with van der Waals surface area (Å²) in [6.45, 7) is 1.26. The van der Waals surface area contributed by atoms with Gasteiger partial charge in [-0.15, -0.1) is 0 Å². The van der Waals surface area contributed by atoms with E-state index in [0.717, 1.165) is 37.0 Å². The number of aromatic nitrogens is 3. The van der Waals surface area contributed by atoms with Gasteiger partial charge in [-0.25, -0.2) is 18.1 Å². The maximum absolute atomic E-state index is 12.1. The molecule has 2 aliphatic heterocycles. The number of hydrogen-bond donors (Lipinski definition) is 0. The molecule has 4 heterocycles. The summed E-state index contributed by atoms with van der Waals surface area (Å²) in [6.07, 6.45) is 9.23. The first-order chi connectivity index (χ1) is 11.6. The third kappa shape index (κ3) is 2.91. The lowest BCUT2D eigenvalue weighted by atomic mass is 10.1. The summed E-state index contributed by atoms with van der Waals surface area (Å²) in [5.41, 5.74) is 1.84. The van der Waals surface area contributed by atoms with Gasteiger partial charge in [0.25, 0.3) is 0 Å². The van der Waals surface area contributed by atoms with Gasteiger partial charge in [-0.1, -0.05) is 0 Å². The average Bonchev–Trinajstić information content (AvgIpc) is 3.22. The van der Waals surface area contributed by atoms with Gasteiger partial charge < -0.3 is 4.74 Å². The van der Waals surface area contributed by atoms with Crippen molar-refractivity contribution in [1.29, 1.82) is 0 Å². The van der Waals surface area contributed by atoms with Gasteiger partial charge in [0.1, 0.15) is 12.0 Å². The zero-order valence-corrected chi connectivity index (χ0v) is 14.2. The second-order valence-electron chi connectivity index (χ2n) is 6.17. The van der Waals surface area contributed by atoms with Crippen LogP contribution in [0.4, 0.5) is 5.82 Å². The van der Waals surface area contributed by atoms with Gasteiger partial charge in [0.2, 0.25) is 10.0 Å². The quantitative estimate of drug-likeness (QED) is 0.850. The lowest BCUT2D eigenvalue weighted by Crippen LogP contribution is -2.25. The summed E-state index contributed by atoms with van der Waals surface area (Å²) >= 11 is 0. The van der Waals surface area contributed by atoms with Crippen LogP contribution in [-0.4, -0.2) is 42.1 Å². The van der Waals surface area contributed by atoms with Crippen LogP contribution in [0.2, 0.25) is 0 Å². The van der Waals surface area contributed by atoms with Crippen molar-refractivity contribution in [2.45, 2.75) is 31.9 Å². The molecule has 0 spiro atoms. The van der Waals surface area contributed by atoms with Crippen molar-refractivity contribution in [3.63, 3.8) is 0 Å². The first kappa shape index (κ1) is 15.6. The molecule has 2 aromatic rings. The SMILES string of the molecule is O=S1(=O)CCCN1c1cc(-c2cnn(C3CCCCO3)c2)ccn1. The highest BCUT2D eigenvalue weighted by Crippen LogP contribution is 2.28. The van der Waals surface area contributed by atoms with Crippen molar-refractivity contribution in [1.82, 2.24) is 14.8 Å². The summed E-state index contributed by atoms with van der Waals surface area (Å²) in [4.78, 5) is 4.23. The minimum Gasteiger partial charge on any atom is -0.357 e. The third-order valence-electron chi connectivity index (χ3n) is 4.49. The Morgan fingerprint density at radius 3 is 2.88 bits per heavy atom. The van der Waals surface area contributed by atoms with Crippen LogP contribution < -0.4 is 4.31 Å². The zero-order chi connectivity index (χ0) is 16.6. The smallest absolute Gasteiger partial charge is 0.236 e. The number of anilines is 1. The van der Waals surface area contributed by atoms with Crippen molar-refractivity contribution in [2.75, 3.05) is 23.2 Å². The second-order valence-corrected chi connectivity index (χ2v) is 8.19. The van der Waals surface area contributed by atoms with Gasteiger partial charge >= 0.3 is 0 Å². The third-order valence-corrected chi connectivity index (χ3v) is 6.33. The van der Waals surface area contributed by atoms with E-state index >= 15 is 0 Å². The van der Waals surface area contributed by atoms with E-state index in [9.17, 15) is 8.42 Å². The van der Waals surface area contributed by atoms with E-state index in [4.69, 9.17) is 4.74 Å². The van der Waals surface area contributed by atoms with E-state index in [-0.39, 0.29) is 12.0 Å². The topological polar surface area (TPSA) is 77.3 Å². The molecule has 4 rings (SSSR count). The van der Waals surface area contributed by atoms with Crippen LogP contribution in [0.5, 0.6) is 0 Å². The highest BCUT2D eigenvalue weighted by molar-refractivity contribution is 7.93. The van der Waals surface area contributed by atoms with Crippen molar-refractivity contribution in [2.24, 2.45) is 0 Å². The van der Waals surface area contributed by atoms with E-state index in [1.165, 1.54) is 4.31 Å². The molecule has 0 saturated carbocycles. The Morgan fingerprint density at radius 2 is 2.12 bits per heavy atom. The number of nitrogens with zero attached hydrogens (tertiary/aromatic N) is 4. The van der Waals surface area contributed by atoms with Crippen LogP contribution in [-0.2, 0) is 14.8 Å². The van der Waals surface area contributed by atoms with Crippen LogP contribution in [0.25, 0.3) is 11.1 Å². The number of rotatable bonds is 3. The van der Waals surface area contributed by atoms with Crippen molar-refractivity contribution >= 4 is 15.8 Å². The van der Waals surface area contributed by atoms with Crippen LogP contribution in [0.15, 0.2) is 30.7 Å². The Bertz CT molecular complexity index is 827. The van der Waals surface area contributed by atoms with Crippen LogP contribution in [0, 0.1) is 0 Å². The molecular weight excluding hydrogens is 328 g/mol. The molecule has 8 heteroatoms. The Kier molecular flexibility index (Phi) is 4.01. The Morgan fingerprint density at radius 1 is 1.21 bits per heavy atom. The summed E-state index contributed by atoms with van der Waals surface area (Å²) in [7, 11) is -3.22. The lowest BCUT2D eigenvalue weighted by Gasteiger charge is -2.22. The highest BCUT2D eigenvalue weighted by atomic mass is 32.2. The van der Waals surface area contributed by atoms with Crippen LogP contribution in [0.1, 0.15) is 31.9 Å². The predicted molar refractivity (Wildman–Crippen MR) is 90.0 cm³/mol. The Labute approximate surface area is 141 Å². The van der Waals surface area contributed by atoms with Gasteiger partial charge in [0, 0.05) is 31.1 Å². The number of hydrogen-bond acceptors (Lipinski definition) is 5. The summed E-state index contributed by atoms with van der Waals surface area (Å²) < 4.78 is 33.1. The van der Waals surface area contributed by atoms with Crippen molar-refractivity contribution in [3.8, 4) is 11.1 Å². The summed E-state index contributed by atoms with van der Waals surface area (Å²) in [5, 5.41) is 4.41. The van der Waals surface area contributed by atoms with Gasteiger partial charge in [0.15, 0.2) is 0 Å². The van der Waals surface area contributed by atoms with Crippen LogP contribution >= 0.6 is 0 Å². The van der Waals surface area contributed by atoms with Crippen LogP contribution in [0.3, 0.4) is 0 Å². The van der Waals surface area contributed by atoms with Gasteiger partial charge in [0.05, 0.1) is 11.9 Å². The molecular formula is C16H20N4O3S. The number of ether oxygens (including phenoxy) is 1. The summed E-state index contributed by atoms with van der Waals surface area (Å²) in [5.74, 6) is 0.669. The number of pyridine rings is 1. The fourth-order valence-electron chi connectivity index (χ4n) is 3.21. The maximum atomic E-state index is 12.1. The molecule has 128 valence electrons. The number of sulfonamides is 1. The molecule has 0 aromatic carbocycles. The zero-order valence-electron chi connectivity index (χ0n) is 13.3. The minimum atomic E-state index is -3.22. The monoisotopic (exact) mass is 348 g/mol. The average molecular weight is 348 g/mol. The molecule has 0 N–H and O–H groups in total. The van der Waals surface area contributed by atoms with Gasteiger partial charge in [-0.2, -0.15) is 5.10 Å². The fourth-order valence-corrected chi connectivity index (χ4v) is 4.71. The first-order valence-electron chi connectivity index (χ1n) is 8.26. The molecule has 2 fully saturated rings. The standard InChI is InChI=1S/C16H20N4O3S/c21-24(22)9-3-7-20(24)15-10-13(5-6-17-15)14-11-18-19(12-14)16-4-1-2-8-23-16/h5-6,10-12,16H,1-4,7-9H2. The molecule has 0 radical (unpaired) electrons. The van der Waals surface area contributed by atoms with Crippen molar-refractivity contribution in [3.05, 3.63) is 30.7 Å². The first-order valence-corrected chi connectivity index (χ1v) is 9.87. The maximum Gasteiger partial charge on any atom is 0.236 e. The van der Waals surface area contributed by atoms with E-state index in [1.54, 1.807) is 12.4 Å². The Balaban J connectivity index is 1.61. The summed E-state index contributed by atoms with van der Waals surface area (Å²) in [6, 6.07) is 3.68. The molecule has 0 bridgehead atoms. The molecule has 2 saturated heterocycles. The molecule has 0 amide bonds. The predicted octanol–water partition coefficient (Wildman–Crippen LogP) is 2.18. The van der Waals surface area contributed by atoms with E-state index in [0.29, 0.717) is 18.8 Å². The molecule has 1 atom stereocenters. The molecule has 2 aliphatic rings. The lowest BCUT2D eigenvalue weighted by molar-refractivity contribution is -0.0394. The Hall–Kier alpha value is -1.93. The van der Waals surface area contributed by atoms with Crippen molar-refractivity contribution < 1.29 is 13.2 Å². The molecule has 0 aliphatic carbocycles. The second kappa shape index (κ2) is 6.18.